The van der Waals surface area contributed by atoms with Gasteiger partial charge in [0.05, 0.1) is 11.3 Å². The molecule has 8 nitrogen and oxygen atoms in total. The number of nitrogens with zero attached hydrogens (tertiary/aromatic N) is 2. The molecule has 0 radical (unpaired) electrons. The van der Waals surface area contributed by atoms with Crippen molar-refractivity contribution in [2.75, 3.05) is 11.3 Å². The van der Waals surface area contributed by atoms with Crippen molar-refractivity contribution in [1.29, 1.82) is 0 Å². The maximum Gasteiger partial charge on any atom is 0.335 e. The molecule has 41 heavy (non-hydrogen) atoms. The highest BCUT2D eigenvalue weighted by molar-refractivity contribution is 8.00. The van der Waals surface area contributed by atoms with Gasteiger partial charge in [-0.1, -0.05) is 69.3 Å². The van der Waals surface area contributed by atoms with Crippen LogP contribution in [0.3, 0.4) is 0 Å². The number of nitrogens with one attached hydrogen (secondary N) is 1. The van der Waals surface area contributed by atoms with E-state index in [1.165, 1.54) is 11.9 Å². The number of ether oxygens (including phenoxy) is 2. The van der Waals surface area contributed by atoms with E-state index in [2.05, 4.69) is 30.5 Å². The molecule has 0 fully saturated rings. The minimum absolute atomic E-state index is 0.0690. The second kappa shape index (κ2) is 13.5. The van der Waals surface area contributed by atoms with Crippen molar-refractivity contribution in [1.82, 2.24) is 9.97 Å². The van der Waals surface area contributed by atoms with E-state index < -0.39 is 5.97 Å². The summed E-state index contributed by atoms with van der Waals surface area (Å²) in [5.41, 5.74) is 10.1. The Bertz CT molecular complexity index is 1470. The number of aryl methyl sites for hydroxylation is 1. The molecule has 9 heteroatoms. The van der Waals surface area contributed by atoms with Crippen LogP contribution in [0.25, 0.3) is 11.3 Å². The summed E-state index contributed by atoms with van der Waals surface area (Å²) in [5, 5.41) is 9.34. The molecular formula is C32H36N4O4S. The van der Waals surface area contributed by atoms with Crippen LogP contribution in [0.2, 0.25) is 0 Å². The summed E-state index contributed by atoms with van der Waals surface area (Å²) in [6, 6.07) is 24.1. The molecule has 0 saturated heterocycles. The summed E-state index contributed by atoms with van der Waals surface area (Å²) >= 11 is 1.22. The highest BCUT2D eigenvalue weighted by Crippen LogP contribution is 2.35. The van der Waals surface area contributed by atoms with Crippen LogP contribution >= 0.6 is 11.9 Å². The number of anilines is 1. The molecule has 0 amide bonds. The molecule has 0 bridgehead atoms. The number of aromatic nitrogens is 2. The SMILES string of the molecule is Cc1cccc(OCc2ccccc2)c1-c1cc(OCC(N)CC(C)(C)C)nc(NSc2cccc(C(=O)O)c2)n1. The van der Waals surface area contributed by atoms with Crippen LogP contribution in [-0.4, -0.2) is 33.7 Å². The third-order valence-electron chi connectivity index (χ3n) is 6.09. The van der Waals surface area contributed by atoms with Crippen molar-refractivity contribution < 1.29 is 19.4 Å². The zero-order valence-electron chi connectivity index (χ0n) is 23.8. The number of hydrogen-bond donors (Lipinski definition) is 3. The first-order valence-corrected chi connectivity index (χ1v) is 14.2. The molecule has 0 aliphatic rings. The molecule has 0 aliphatic carbocycles. The average Bonchev–Trinajstić information content (AvgIpc) is 2.93. The van der Waals surface area contributed by atoms with Gasteiger partial charge in [0.1, 0.15) is 19.0 Å². The number of rotatable bonds is 12. The quantitative estimate of drug-likeness (QED) is 0.154. The second-order valence-electron chi connectivity index (χ2n) is 11.0. The first-order chi connectivity index (χ1) is 19.6. The van der Waals surface area contributed by atoms with Crippen LogP contribution in [0.4, 0.5) is 5.95 Å². The van der Waals surface area contributed by atoms with Gasteiger partial charge in [0.25, 0.3) is 0 Å². The van der Waals surface area contributed by atoms with Crippen LogP contribution in [0.5, 0.6) is 11.6 Å². The Balaban J connectivity index is 1.64. The number of carbonyl (C=O) groups is 1. The highest BCUT2D eigenvalue weighted by Gasteiger charge is 2.19. The first-order valence-electron chi connectivity index (χ1n) is 13.4. The van der Waals surface area contributed by atoms with Gasteiger partial charge in [-0.25, -0.2) is 9.78 Å². The number of carboxylic acids is 1. The molecule has 3 aromatic carbocycles. The van der Waals surface area contributed by atoms with Gasteiger partial charge in [-0.2, -0.15) is 4.98 Å². The predicted octanol–water partition coefficient (Wildman–Crippen LogP) is 6.99. The van der Waals surface area contributed by atoms with Crippen LogP contribution in [-0.2, 0) is 6.61 Å². The molecule has 0 aliphatic heterocycles. The number of benzene rings is 3. The van der Waals surface area contributed by atoms with E-state index in [1.807, 2.05) is 61.5 Å². The van der Waals surface area contributed by atoms with E-state index in [1.54, 1.807) is 24.3 Å². The Hall–Kier alpha value is -4.08. The Morgan fingerprint density at radius 2 is 1.76 bits per heavy atom. The standard InChI is InChI=1S/C32H36N4O4S/c1-21-10-8-15-27(39-19-22-11-6-5-7-12-22)29(21)26-17-28(40-20-24(33)18-32(2,3)4)35-31(34-26)36-41-25-14-9-13-23(16-25)30(37)38/h5-17,24H,18-20,33H2,1-4H3,(H,37,38)(H,34,35,36). The lowest BCUT2D eigenvalue weighted by Crippen LogP contribution is -2.32. The number of carboxylic acid groups (broad SMARTS) is 1. The van der Waals surface area contributed by atoms with E-state index in [4.69, 9.17) is 20.2 Å². The highest BCUT2D eigenvalue weighted by atomic mass is 32.2. The lowest BCUT2D eigenvalue weighted by molar-refractivity contribution is 0.0696. The van der Waals surface area contributed by atoms with Gasteiger partial charge in [-0.15, -0.1) is 0 Å². The molecule has 4 rings (SSSR count). The molecule has 1 aromatic heterocycles. The van der Waals surface area contributed by atoms with Crippen molar-refractivity contribution in [3.05, 3.63) is 95.6 Å². The Morgan fingerprint density at radius 1 is 1.00 bits per heavy atom. The summed E-state index contributed by atoms with van der Waals surface area (Å²) in [5.74, 6) is 0.384. The lowest BCUT2D eigenvalue weighted by Gasteiger charge is -2.23. The molecule has 0 spiro atoms. The molecule has 1 atom stereocenters. The van der Waals surface area contributed by atoms with Gasteiger partial charge in [-0.3, -0.25) is 4.72 Å². The maximum absolute atomic E-state index is 11.4. The van der Waals surface area contributed by atoms with Crippen LogP contribution in [0.1, 0.15) is 48.7 Å². The molecule has 1 unspecified atom stereocenters. The molecular weight excluding hydrogens is 536 g/mol. The van der Waals surface area contributed by atoms with Crippen molar-refractivity contribution >= 4 is 23.9 Å². The fraction of sp³-hybridized carbons (Fsp3) is 0.281. The Labute approximate surface area is 245 Å². The molecule has 1 heterocycles. The van der Waals surface area contributed by atoms with Gasteiger partial charge < -0.3 is 20.3 Å². The van der Waals surface area contributed by atoms with Gasteiger partial charge >= 0.3 is 5.97 Å². The van der Waals surface area contributed by atoms with Gasteiger partial charge in [0.2, 0.25) is 11.8 Å². The minimum atomic E-state index is -0.990. The zero-order valence-corrected chi connectivity index (χ0v) is 24.6. The largest absolute Gasteiger partial charge is 0.488 e. The van der Waals surface area contributed by atoms with E-state index in [9.17, 15) is 9.90 Å². The Kier molecular flexibility index (Phi) is 9.86. The summed E-state index contributed by atoms with van der Waals surface area (Å²) in [4.78, 5) is 21.5. The van der Waals surface area contributed by atoms with Crippen LogP contribution in [0, 0.1) is 12.3 Å². The molecule has 0 saturated carbocycles. The summed E-state index contributed by atoms with van der Waals surface area (Å²) < 4.78 is 15.5. The molecule has 214 valence electrons. The van der Waals surface area contributed by atoms with Gasteiger partial charge in [0, 0.05) is 22.6 Å². The smallest absolute Gasteiger partial charge is 0.335 e. The topological polar surface area (TPSA) is 120 Å². The fourth-order valence-corrected chi connectivity index (χ4v) is 4.97. The molecule has 4 N–H and O–H groups in total. The Morgan fingerprint density at radius 3 is 2.49 bits per heavy atom. The number of hydrogen-bond acceptors (Lipinski definition) is 8. The van der Waals surface area contributed by atoms with E-state index >= 15 is 0 Å². The van der Waals surface area contributed by atoms with E-state index in [-0.39, 0.29) is 17.0 Å². The monoisotopic (exact) mass is 572 g/mol. The lowest BCUT2D eigenvalue weighted by atomic mass is 9.89. The maximum atomic E-state index is 11.4. The predicted molar refractivity (Wildman–Crippen MR) is 163 cm³/mol. The third-order valence-corrected chi connectivity index (χ3v) is 6.87. The van der Waals surface area contributed by atoms with Crippen LogP contribution < -0.4 is 19.9 Å². The molecule has 4 aromatic rings. The fourth-order valence-electron chi connectivity index (χ4n) is 4.33. The summed E-state index contributed by atoms with van der Waals surface area (Å²) in [6.07, 6.45) is 0.793. The normalized spacial score (nSPS) is 12.0. The third kappa shape index (κ3) is 8.96. The van der Waals surface area contributed by atoms with Crippen molar-refractivity contribution in [3.63, 3.8) is 0 Å². The number of nitrogens with two attached hydrogens (primary N) is 1. The minimum Gasteiger partial charge on any atom is -0.488 e. The van der Waals surface area contributed by atoms with Crippen molar-refractivity contribution in [2.45, 2.75) is 51.7 Å². The average molecular weight is 573 g/mol. The van der Waals surface area contributed by atoms with E-state index in [0.29, 0.717) is 41.4 Å². The summed E-state index contributed by atoms with van der Waals surface area (Å²) in [7, 11) is 0. The van der Waals surface area contributed by atoms with Crippen molar-refractivity contribution in [2.24, 2.45) is 11.1 Å². The van der Waals surface area contributed by atoms with Crippen LogP contribution in [0.15, 0.2) is 83.8 Å². The summed E-state index contributed by atoms with van der Waals surface area (Å²) in [6.45, 7) is 9.14. The number of aromatic carboxylic acids is 1. The second-order valence-corrected chi connectivity index (χ2v) is 11.9. The first kappa shape index (κ1) is 29.9. The van der Waals surface area contributed by atoms with Crippen molar-refractivity contribution in [3.8, 4) is 22.9 Å². The van der Waals surface area contributed by atoms with Gasteiger partial charge in [0.15, 0.2) is 0 Å². The zero-order chi connectivity index (χ0) is 29.4. The van der Waals surface area contributed by atoms with E-state index in [0.717, 1.165) is 23.1 Å². The van der Waals surface area contributed by atoms with Gasteiger partial charge in [-0.05, 0) is 66.1 Å².